The topological polar surface area (TPSA) is 0 Å². The molecule has 0 aromatic carbocycles. The zero-order valence-corrected chi connectivity index (χ0v) is 12.7. The molecule has 0 heterocycles. The fraction of sp³-hybridized carbons (Fsp3) is 1.00. The minimum absolute atomic E-state index is 6.06. The summed E-state index contributed by atoms with van der Waals surface area (Å²) in [6.45, 7) is 0. The number of hydrogen-bond acceptors (Lipinski definition) is 0. The van der Waals surface area contributed by atoms with Gasteiger partial charge in [-0.25, -0.2) is 17.6 Å². The Labute approximate surface area is 149 Å². The van der Waals surface area contributed by atoms with Crippen LogP contribution in [0.25, 0.3) is 0 Å². The zero-order valence-electron chi connectivity index (χ0n) is 12.7. The van der Waals surface area contributed by atoms with Gasteiger partial charge in [0.1, 0.15) is 0 Å². The van der Waals surface area contributed by atoms with Crippen LogP contribution in [-0.2, 0) is 0 Å². The lowest BCUT2D eigenvalue weighted by atomic mass is 9.87. The third-order valence-electron chi connectivity index (χ3n) is 3.36. The van der Waals surface area contributed by atoms with Gasteiger partial charge in [-0.1, -0.05) is 0 Å². The van der Waals surface area contributed by atoms with Crippen LogP contribution in [0.2, 0.25) is 0 Å². The average molecular weight is 502 g/mol. The summed E-state index contributed by atoms with van der Waals surface area (Å²) in [5, 5.41) is 0. The molecule has 0 spiro atoms. The molecule has 0 aliphatic heterocycles. The van der Waals surface area contributed by atoms with E-state index in [1.807, 2.05) is 0 Å². The van der Waals surface area contributed by atoms with E-state index in [1.54, 1.807) is 0 Å². The van der Waals surface area contributed by atoms with Crippen LogP contribution >= 0.6 is 0 Å². The van der Waals surface area contributed by atoms with Crippen molar-refractivity contribution < 1.29 is 87.8 Å². The second kappa shape index (κ2) is 7.06. The fourth-order valence-corrected chi connectivity index (χ4v) is 1.48. The van der Waals surface area contributed by atoms with E-state index in [1.165, 1.54) is 0 Å². The van der Waals surface area contributed by atoms with Gasteiger partial charge in [-0.15, -0.1) is 0 Å². The first-order valence-corrected chi connectivity index (χ1v) is 6.22. The van der Waals surface area contributed by atoms with Gasteiger partial charge in [0.25, 0.3) is 0 Å². The molecule has 182 valence electrons. The third-order valence-corrected chi connectivity index (χ3v) is 3.36. The molecule has 0 aliphatic carbocycles. The van der Waals surface area contributed by atoms with Gasteiger partial charge in [0.15, 0.2) is 0 Å². The standard InChI is InChI=1S/C10H2F20/c11-1(12)3(15,16)5(19,20)7(23,24)9(27,28)10(29,30)8(25,26)6(21,22)4(17,18)2(13)14/h1-2H. The van der Waals surface area contributed by atoms with E-state index in [2.05, 4.69) is 0 Å². The third kappa shape index (κ3) is 3.22. The Balaban J connectivity index is 6.82. The van der Waals surface area contributed by atoms with Gasteiger partial charge in [-0.05, 0) is 0 Å². The number of halogens is 20. The van der Waals surface area contributed by atoms with E-state index in [-0.39, 0.29) is 0 Å². The van der Waals surface area contributed by atoms with E-state index >= 15 is 0 Å². The quantitative estimate of drug-likeness (QED) is 0.312. The number of alkyl halides is 20. The maximum Gasteiger partial charge on any atom is 0.385 e. The van der Waals surface area contributed by atoms with Crippen molar-refractivity contribution in [3.05, 3.63) is 0 Å². The van der Waals surface area contributed by atoms with E-state index in [9.17, 15) is 87.8 Å². The van der Waals surface area contributed by atoms with Gasteiger partial charge in [0.05, 0.1) is 0 Å². The van der Waals surface area contributed by atoms with Crippen LogP contribution in [0, 0.1) is 0 Å². The van der Waals surface area contributed by atoms with Gasteiger partial charge in [0, 0.05) is 0 Å². The number of rotatable bonds is 9. The first-order chi connectivity index (χ1) is 12.6. The summed E-state index contributed by atoms with van der Waals surface area (Å²) >= 11 is 0. The minimum Gasteiger partial charge on any atom is -0.203 e. The molecule has 0 amide bonds. The lowest BCUT2D eigenvalue weighted by Crippen LogP contribution is -2.75. The normalized spacial score (nSPS) is 16.6. The highest BCUT2D eigenvalue weighted by Crippen LogP contribution is 2.64. The van der Waals surface area contributed by atoms with Gasteiger partial charge in [-0.2, -0.15) is 70.2 Å². The van der Waals surface area contributed by atoms with Crippen LogP contribution < -0.4 is 0 Å². The van der Waals surface area contributed by atoms with Crippen LogP contribution in [-0.4, -0.2) is 60.2 Å². The highest BCUT2D eigenvalue weighted by Gasteiger charge is 2.95. The summed E-state index contributed by atoms with van der Waals surface area (Å²) in [6.07, 6.45) is -12.1. The summed E-state index contributed by atoms with van der Waals surface area (Å²) in [5.74, 6) is -67.5. The Bertz CT molecular complexity index is 559. The molecule has 0 rings (SSSR count). The summed E-state index contributed by atoms with van der Waals surface area (Å²) in [5.41, 5.74) is 0. The fourth-order valence-electron chi connectivity index (χ4n) is 1.48. The molecule has 0 aromatic heterocycles. The predicted molar refractivity (Wildman–Crippen MR) is 51.6 cm³/mol. The van der Waals surface area contributed by atoms with Crippen LogP contribution in [0.5, 0.6) is 0 Å². The lowest BCUT2D eigenvalue weighted by Gasteiger charge is -2.43. The molecule has 0 N–H and O–H groups in total. The van der Waals surface area contributed by atoms with Crippen LogP contribution in [0.3, 0.4) is 0 Å². The summed E-state index contributed by atoms with van der Waals surface area (Å²) in [7, 11) is 0. The Hall–Kier alpha value is -1.40. The molecule has 0 nitrogen and oxygen atoms in total. The molecule has 0 aromatic rings. The van der Waals surface area contributed by atoms with Crippen molar-refractivity contribution in [3.63, 3.8) is 0 Å². The van der Waals surface area contributed by atoms with E-state index < -0.39 is 60.2 Å². The maximum absolute atomic E-state index is 13.1. The lowest BCUT2D eigenvalue weighted by molar-refractivity contribution is -0.460. The SMILES string of the molecule is FC(F)C(F)(F)C(F)(F)C(F)(F)C(F)(F)C(F)(F)C(F)(F)C(F)(F)C(F)(F)C(F)F. The van der Waals surface area contributed by atoms with Gasteiger partial charge < -0.3 is 0 Å². The smallest absolute Gasteiger partial charge is 0.203 e. The monoisotopic (exact) mass is 502 g/mol. The molecule has 0 atom stereocenters. The number of hydrogen-bond donors (Lipinski definition) is 0. The molecule has 0 unspecified atom stereocenters. The second-order valence-electron chi connectivity index (χ2n) is 5.29. The van der Waals surface area contributed by atoms with Gasteiger partial charge in [-0.3, -0.25) is 0 Å². The maximum atomic E-state index is 13.1. The molecule has 0 bridgehead atoms. The molecule has 0 radical (unpaired) electrons. The zero-order chi connectivity index (χ0) is 25.2. The van der Waals surface area contributed by atoms with Crippen molar-refractivity contribution in [2.45, 2.75) is 60.2 Å². The van der Waals surface area contributed by atoms with Crippen LogP contribution in [0.4, 0.5) is 87.8 Å². The molecular weight excluding hydrogens is 500 g/mol. The largest absolute Gasteiger partial charge is 0.385 e. The van der Waals surface area contributed by atoms with E-state index in [0.717, 1.165) is 0 Å². The molecule has 30 heavy (non-hydrogen) atoms. The minimum atomic E-state index is -8.92. The molecule has 0 saturated carbocycles. The Morgan fingerprint density at radius 1 is 0.267 bits per heavy atom. The molecule has 0 saturated heterocycles. The molecule has 0 aliphatic rings. The summed E-state index contributed by atoms with van der Waals surface area (Å²) in [6, 6.07) is 0. The highest BCUT2D eigenvalue weighted by molar-refractivity contribution is 5.16. The summed E-state index contributed by atoms with van der Waals surface area (Å²) < 4.78 is 252. The van der Waals surface area contributed by atoms with Crippen molar-refractivity contribution in [1.82, 2.24) is 0 Å². The Morgan fingerprint density at radius 3 is 0.533 bits per heavy atom. The highest BCUT2D eigenvalue weighted by atomic mass is 19.4. The first kappa shape index (κ1) is 28.6. The van der Waals surface area contributed by atoms with Crippen molar-refractivity contribution in [1.29, 1.82) is 0 Å². The summed E-state index contributed by atoms with van der Waals surface area (Å²) in [4.78, 5) is 0. The van der Waals surface area contributed by atoms with Crippen molar-refractivity contribution >= 4 is 0 Å². The van der Waals surface area contributed by atoms with Crippen molar-refractivity contribution in [2.24, 2.45) is 0 Å². The molecule has 0 fully saturated rings. The van der Waals surface area contributed by atoms with Crippen molar-refractivity contribution in [3.8, 4) is 0 Å². The first-order valence-electron chi connectivity index (χ1n) is 6.22. The van der Waals surface area contributed by atoms with Gasteiger partial charge >= 0.3 is 60.2 Å². The Kier molecular flexibility index (Phi) is 6.73. The van der Waals surface area contributed by atoms with Gasteiger partial charge in [0.2, 0.25) is 0 Å². The Morgan fingerprint density at radius 2 is 0.400 bits per heavy atom. The molecule has 20 heteroatoms. The van der Waals surface area contributed by atoms with Crippen LogP contribution in [0.15, 0.2) is 0 Å². The van der Waals surface area contributed by atoms with Crippen LogP contribution in [0.1, 0.15) is 0 Å². The van der Waals surface area contributed by atoms with E-state index in [0.29, 0.717) is 0 Å². The molecular formula is C10H2F20. The second-order valence-corrected chi connectivity index (χ2v) is 5.29. The van der Waals surface area contributed by atoms with Crippen molar-refractivity contribution in [2.75, 3.05) is 0 Å². The van der Waals surface area contributed by atoms with E-state index in [4.69, 9.17) is 0 Å². The average Bonchev–Trinajstić information content (AvgIpc) is 2.52. The predicted octanol–water partition coefficient (Wildman–Crippen LogP) is 6.60.